The third-order valence-corrected chi connectivity index (χ3v) is 6.46. The van der Waals surface area contributed by atoms with E-state index in [0.29, 0.717) is 16.5 Å². The summed E-state index contributed by atoms with van der Waals surface area (Å²) in [4.78, 5) is 13.1. The monoisotopic (exact) mass is 460 g/mol. The van der Waals surface area contributed by atoms with Crippen LogP contribution < -0.4 is 15.4 Å². The Morgan fingerprint density at radius 3 is 2.70 bits per heavy atom. The van der Waals surface area contributed by atoms with Crippen molar-refractivity contribution < 1.29 is 9.53 Å². The standard InChI is InChI=1S/C23H25ClN2O2S2/c1-2-3-4-5-8-14-28-17-11-9-10-16(15-17)25-23(29)26-22(27)21-20(24)18-12-6-7-13-19(18)30-21/h6-7,9-13,15H,2-5,8,14H2,1H3,(H2,25,26,27,29). The molecule has 0 atom stereocenters. The lowest BCUT2D eigenvalue weighted by molar-refractivity contribution is 0.0982. The topological polar surface area (TPSA) is 50.4 Å². The minimum Gasteiger partial charge on any atom is -0.494 e. The molecule has 0 saturated carbocycles. The number of thiophene rings is 1. The van der Waals surface area contributed by atoms with Crippen molar-refractivity contribution in [2.75, 3.05) is 11.9 Å². The predicted molar refractivity (Wildman–Crippen MR) is 131 cm³/mol. The van der Waals surface area contributed by atoms with Crippen LogP contribution in [0.25, 0.3) is 10.1 Å². The van der Waals surface area contributed by atoms with Crippen LogP contribution in [0.4, 0.5) is 5.69 Å². The fraction of sp³-hybridized carbons (Fsp3) is 0.304. The van der Waals surface area contributed by atoms with E-state index in [4.69, 9.17) is 28.6 Å². The molecule has 0 aliphatic rings. The molecular weight excluding hydrogens is 436 g/mol. The Morgan fingerprint density at radius 1 is 1.10 bits per heavy atom. The van der Waals surface area contributed by atoms with Gasteiger partial charge < -0.3 is 10.1 Å². The first-order valence-corrected chi connectivity index (χ1v) is 11.7. The van der Waals surface area contributed by atoms with Gasteiger partial charge in [-0.3, -0.25) is 10.1 Å². The van der Waals surface area contributed by atoms with Gasteiger partial charge in [0.2, 0.25) is 0 Å². The molecule has 0 radical (unpaired) electrons. The summed E-state index contributed by atoms with van der Waals surface area (Å²) in [6, 6.07) is 15.2. The highest BCUT2D eigenvalue weighted by molar-refractivity contribution is 7.80. The van der Waals surface area contributed by atoms with Gasteiger partial charge in [-0.05, 0) is 36.8 Å². The Bertz CT molecular complexity index is 1020. The van der Waals surface area contributed by atoms with E-state index in [1.54, 1.807) is 0 Å². The molecule has 3 aromatic rings. The number of unbranched alkanes of at least 4 members (excludes halogenated alkanes) is 4. The van der Waals surface area contributed by atoms with Crippen LogP contribution in [0.5, 0.6) is 5.75 Å². The number of nitrogens with one attached hydrogen (secondary N) is 2. The molecule has 0 saturated heterocycles. The number of rotatable bonds is 9. The highest BCUT2D eigenvalue weighted by Gasteiger charge is 2.17. The van der Waals surface area contributed by atoms with Gasteiger partial charge in [-0.2, -0.15) is 0 Å². The summed E-state index contributed by atoms with van der Waals surface area (Å²) in [6.07, 6.45) is 5.99. The SMILES string of the molecule is CCCCCCCOc1cccc(NC(=S)NC(=O)c2sc3ccccc3c2Cl)c1. The molecule has 0 spiro atoms. The lowest BCUT2D eigenvalue weighted by atomic mass is 10.2. The second-order valence-corrected chi connectivity index (χ2v) is 8.78. The van der Waals surface area contributed by atoms with Gasteiger partial charge in [-0.25, -0.2) is 0 Å². The Balaban J connectivity index is 1.53. The summed E-state index contributed by atoms with van der Waals surface area (Å²) in [7, 11) is 0. The van der Waals surface area contributed by atoms with E-state index < -0.39 is 0 Å². The van der Waals surface area contributed by atoms with Crippen molar-refractivity contribution in [3.63, 3.8) is 0 Å². The lowest BCUT2D eigenvalue weighted by Gasteiger charge is -2.11. The Kier molecular flexibility index (Phi) is 8.49. The number of benzene rings is 2. The van der Waals surface area contributed by atoms with Crippen molar-refractivity contribution in [1.82, 2.24) is 5.32 Å². The molecule has 0 aliphatic heterocycles. The van der Waals surface area contributed by atoms with Crippen LogP contribution in [-0.4, -0.2) is 17.6 Å². The van der Waals surface area contributed by atoms with Crippen LogP contribution >= 0.6 is 35.2 Å². The largest absolute Gasteiger partial charge is 0.494 e. The van der Waals surface area contributed by atoms with E-state index in [9.17, 15) is 4.79 Å². The van der Waals surface area contributed by atoms with Gasteiger partial charge in [0.25, 0.3) is 5.91 Å². The van der Waals surface area contributed by atoms with Gasteiger partial charge >= 0.3 is 0 Å². The molecular formula is C23H25ClN2O2S2. The average molecular weight is 461 g/mol. The van der Waals surface area contributed by atoms with Crippen LogP contribution in [0.3, 0.4) is 0 Å². The minimum absolute atomic E-state index is 0.213. The Hall–Kier alpha value is -2.15. The van der Waals surface area contributed by atoms with E-state index in [1.807, 2.05) is 48.5 Å². The van der Waals surface area contributed by atoms with E-state index in [-0.39, 0.29) is 11.0 Å². The normalized spacial score (nSPS) is 10.7. The number of carbonyl (C=O) groups is 1. The molecule has 158 valence electrons. The Morgan fingerprint density at radius 2 is 1.90 bits per heavy atom. The second kappa shape index (κ2) is 11.3. The molecule has 2 N–H and O–H groups in total. The maximum Gasteiger partial charge on any atom is 0.269 e. The summed E-state index contributed by atoms with van der Waals surface area (Å²) < 4.78 is 6.79. The molecule has 30 heavy (non-hydrogen) atoms. The maximum absolute atomic E-state index is 12.6. The van der Waals surface area contributed by atoms with Gasteiger partial charge in [0.15, 0.2) is 5.11 Å². The first kappa shape index (κ1) is 22.5. The van der Waals surface area contributed by atoms with Crippen LogP contribution in [0.2, 0.25) is 5.02 Å². The molecule has 0 bridgehead atoms. The van der Waals surface area contributed by atoms with Gasteiger partial charge in [0.05, 0.1) is 11.6 Å². The molecule has 7 heteroatoms. The number of amides is 1. The van der Waals surface area contributed by atoms with E-state index >= 15 is 0 Å². The van der Waals surface area contributed by atoms with Crippen LogP contribution in [-0.2, 0) is 0 Å². The zero-order valence-corrected chi connectivity index (χ0v) is 19.3. The summed E-state index contributed by atoms with van der Waals surface area (Å²) in [5.41, 5.74) is 0.756. The molecule has 0 unspecified atom stereocenters. The molecule has 3 rings (SSSR count). The third-order valence-electron chi connectivity index (χ3n) is 4.58. The molecule has 0 aliphatic carbocycles. The Labute approximate surface area is 191 Å². The molecule has 0 fully saturated rings. The van der Waals surface area contributed by atoms with Crippen molar-refractivity contribution in [2.45, 2.75) is 39.0 Å². The van der Waals surface area contributed by atoms with Crippen molar-refractivity contribution in [2.24, 2.45) is 0 Å². The molecule has 1 amide bonds. The number of halogens is 1. The van der Waals surface area contributed by atoms with Gasteiger partial charge in [0, 0.05) is 21.8 Å². The molecule has 1 aromatic heterocycles. The number of ether oxygens (including phenoxy) is 1. The van der Waals surface area contributed by atoms with E-state index in [0.717, 1.165) is 27.9 Å². The fourth-order valence-corrected chi connectivity index (χ4v) is 4.66. The van der Waals surface area contributed by atoms with Crippen LogP contribution in [0.15, 0.2) is 48.5 Å². The van der Waals surface area contributed by atoms with E-state index in [1.165, 1.54) is 37.0 Å². The zero-order chi connectivity index (χ0) is 21.3. The summed E-state index contributed by atoms with van der Waals surface area (Å²) in [5, 5.41) is 7.27. The third kappa shape index (κ3) is 6.17. The number of anilines is 1. The van der Waals surface area contributed by atoms with Gasteiger partial charge in [0.1, 0.15) is 10.6 Å². The predicted octanol–water partition coefficient (Wildman–Crippen LogP) is 7.03. The number of thiocarbonyl (C=S) groups is 1. The highest BCUT2D eigenvalue weighted by Crippen LogP contribution is 2.35. The summed E-state index contributed by atoms with van der Waals surface area (Å²) >= 11 is 13.0. The lowest BCUT2D eigenvalue weighted by Crippen LogP contribution is -2.33. The van der Waals surface area contributed by atoms with Crippen molar-refractivity contribution >= 4 is 61.9 Å². The summed E-state index contributed by atoms with van der Waals surface area (Å²) in [5.74, 6) is 0.454. The number of fused-ring (bicyclic) bond motifs is 1. The van der Waals surface area contributed by atoms with Gasteiger partial charge in [-0.1, -0.05) is 68.5 Å². The molecule has 2 aromatic carbocycles. The van der Waals surface area contributed by atoms with Crippen molar-refractivity contribution in [3.8, 4) is 5.75 Å². The van der Waals surface area contributed by atoms with Gasteiger partial charge in [-0.15, -0.1) is 11.3 Å². The van der Waals surface area contributed by atoms with Crippen molar-refractivity contribution in [3.05, 3.63) is 58.4 Å². The first-order chi connectivity index (χ1) is 14.6. The smallest absolute Gasteiger partial charge is 0.269 e. The average Bonchev–Trinajstić information content (AvgIpc) is 3.08. The molecule has 4 nitrogen and oxygen atoms in total. The number of hydrogen-bond acceptors (Lipinski definition) is 4. The zero-order valence-electron chi connectivity index (χ0n) is 16.9. The summed E-state index contributed by atoms with van der Waals surface area (Å²) in [6.45, 7) is 2.90. The maximum atomic E-state index is 12.6. The molecule has 1 heterocycles. The second-order valence-electron chi connectivity index (χ2n) is 6.94. The first-order valence-electron chi connectivity index (χ1n) is 10.1. The highest BCUT2D eigenvalue weighted by atomic mass is 35.5. The number of hydrogen-bond donors (Lipinski definition) is 2. The van der Waals surface area contributed by atoms with E-state index in [2.05, 4.69) is 17.6 Å². The minimum atomic E-state index is -0.321. The number of carbonyl (C=O) groups excluding carboxylic acids is 1. The quantitative estimate of drug-likeness (QED) is 0.266. The van der Waals surface area contributed by atoms with Crippen LogP contribution in [0.1, 0.15) is 48.7 Å². The van der Waals surface area contributed by atoms with Crippen LogP contribution in [0, 0.1) is 0 Å². The van der Waals surface area contributed by atoms with Crippen molar-refractivity contribution in [1.29, 1.82) is 0 Å². The fourth-order valence-electron chi connectivity index (χ4n) is 3.04.